The molecule has 0 aliphatic rings. The van der Waals surface area contributed by atoms with Crippen molar-refractivity contribution in [2.75, 3.05) is 18.9 Å². The second-order valence-electron chi connectivity index (χ2n) is 4.48. The molecule has 0 aliphatic heterocycles. The molecule has 0 aliphatic carbocycles. The standard InChI is InChI=1S/C11H17N3O2/c1-11(2,7-15)6-14-10(16)9-4-3-8(12)5-13-9/h3-5,15H,6-7,12H2,1-2H3,(H,14,16). The molecule has 0 fully saturated rings. The number of nitrogens with two attached hydrogens (primary N) is 1. The van der Waals surface area contributed by atoms with Gasteiger partial charge in [0.15, 0.2) is 0 Å². The number of carbonyl (C=O) groups excluding carboxylic acids is 1. The van der Waals surface area contributed by atoms with Crippen LogP contribution in [0.15, 0.2) is 18.3 Å². The maximum atomic E-state index is 11.6. The van der Waals surface area contributed by atoms with E-state index in [0.29, 0.717) is 17.9 Å². The third-order valence-electron chi connectivity index (χ3n) is 2.17. The van der Waals surface area contributed by atoms with Gasteiger partial charge in [-0.3, -0.25) is 4.79 Å². The molecule has 5 heteroatoms. The first-order chi connectivity index (χ1) is 7.44. The predicted molar refractivity (Wildman–Crippen MR) is 61.8 cm³/mol. The highest BCUT2D eigenvalue weighted by molar-refractivity contribution is 5.92. The van der Waals surface area contributed by atoms with Crippen LogP contribution in [0.1, 0.15) is 24.3 Å². The van der Waals surface area contributed by atoms with Crippen molar-refractivity contribution in [2.24, 2.45) is 5.41 Å². The van der Waals surface area contributed by atoms with Gasteiger partial charge in [0.25, 0.3) is 5.91 Å². The van der Waals surface area contributed by atoms with E-state index in [-0.39, 0.29) is 17.9 Å². The van der Waals surface area contributed by atoms with Crippen molar-refractivity contribution in [3.63, 3.8) is 0 Å². The molecule has 0 unspecified atom stereocenters. The Labute approximate surface area is 94.7 Å². The molecule has 5 nitrogen and oxygen atoms in total. The average Bonchev–Trinajstić information content (AvgIpc) is 2.27. The fourth-order valence-electron chi connectivity index (χ4n) is 1.01. The van der Waals surface area contributed by atoms with E-state index in [0.717, 1.165) is 0 Å². The molecule has 0 aromatic carbocycles. The molecule has 1 rings (SSSR count). The molecule has 1 heterocycles. The van der Waals surface area contributed by atoms with E-state index >= 15 is 0 Å². The predicted octanol–water partition coefficient (Wildman–Crippen LogP) is 0.412. The van der Waals surface area contributed by atoms with E-state index < -0.39 is 0 Å². The summed E-state index contributed by atoms with van der Waals surface area (Å²) in [7, 11) is 0. The molecule has 1 aromatic rings. The van der Waals surface area contributed by atoms with Crippen LogP contribution in [-0.4, -0.2) is 29.1 Å². The number of rotatable bonds is 4. The molecular weight excluding hydrogens is 206 g/mol. The number of pyridine rings is 1. The zero-order valence-corrected chi connectivity index (χ0v) is 9.53. The number of hydrogen-bond acceptors (Lipinski definition) is 4. The summed E-state index contributed by atoms with van der Waals surface area (Å²) >= 11 is 0. The first-order valence-corrected chi connectivity index (χ1v) is 5.05. The second-order valence-corrected chi connectivity index (χ2v) is 4.48. The highest BCUT2D eigenvalue weighted by atomic mass is 16.3. The van der Waals surface area contributed by atoms with E-state index in [9.17, 15) is 4.79 Å². The van der Waals surface area contributed by atoms with E-state index in [1.807, 2.05) is 13.8 Å². The van der Waals surface area contributed by atoms with Gasteiger partial charge in [0, 0.05) is 18.6 Å². The lowest BCUT2D eigenvalue weighted by molar-refractivity contribution is 0.0906. The Kier molecular flexibility index (Phi) is 3.84. The number of carbonyl (C=O) groups is 1. The van der Waals surface area contributed by atoms with Crippen molar-refractivity contribution >= 4 is 11.6 Å². The van der Waals surface area contributed by atoms with Crippen LogP contribution in [-0.2, 0) is 0 Å². The minimum atomic E-state index is -0.330. The Bertz CT molecular complexity index is 360. The van der Waals surface area contributed by atoms with Crippen LogP contribution in [0.2, 0.25) is 0 Å². The summed E-state index contributed by atoms with van der Waals surface area (Å²) in [6.45, 7) is 4.14. The molecule has 0 saturated heterocycles. The number of aliphatic hydroxyl groups is 1. The van der Waals surface area contributed by atoms with Crippen molar-refractivity contribution in [2.45, 2.75) is 13.8 Å². The molecule has 88 valence electrons. The number of nitrogens with zero attached hydrogens (tertiary/aromatic N) is 1. The lowest BCUT2D eigenvalue weighted by Gasteiger charge is -2.21. The summed E-state index contributed by atoms with van der Waals surface area (Å²) in [5, 5.41) is 11.7. The fourth-order valence-corrected chi connectivity index (χ4v) is 1.01. The van der Waals surface area contributed by atoms with E-state index in [4.69, 9.17) is 10.8 Å². The van der Waals surface area contributed by atoms with Crippen molar-refractivity contribution in [1.29, 1.82) is 0 Å². The van der Waals surface area contributed by atoms with Gasteiger partial charge in [0.1, 0.15) is 5.69 Å². The summed E-state index contributed by atoms with van der Waals surface area (Å²) < 4.78 is 0. The summed E-state index contributed by atoms with van der Waals surface area (Å²) in [5.74, 6) is -0.262. The largest absolute Gasteiger partial charge is 0.397 e. The van der Waals surface area contributed by atoms with E-state index in [2.05, 4.69) is 10.3 Å². The maximum Gasteiger partial charge on any atom is 0.269 e. The Morgan fingerprint density at radius 1 is 1.56 bits per heavy atom. The normalized spacial score (nSPS) is 11.2. The fraction of sp³-hybridized carbons (Fsp3) is 0.455. The number of amides is 1. The molecule has 0 saturated carbocycles. The van der Waals surface area contributed by atoms with Crippen LogP contribution in [0.3, 0.4) is 0 Å². The number of aliphatic hydroxyl groups excluding tert-OH is 1. The van der Waals surface area contributed by atoms with E-state index in [1.165, 1.54) is 6.20 Å². The van der Waals surface area contributed by atoms with Gasteiger partial charge >= 0.3 is 0 Å². The van der Waals surface area contributed by atoms with Gasteiger partial charge in [-0.1, -0.05) is 13.8 Å². The summed E-state index contributed by atoms with van der Waals surface area (Å²) in [6.07, 6.45) is 1.44. The zero-order chi connectivity index (χ0) is 12.2. The molecule has 0 spiro atoms. The summed E-state index contributed by atoms with van der Waals surface area (Å²) in [6, 6.07) is 3.19. The number of aromatic nitrogens is 1. The topological polar surface area (TPSA) is 88.2 Å². The Morgan fingerprint density at radius 2 is 2.25 bits per heavy atom. The van der Waals surface area contributed by atoms with Gasteiger partial charge in [0.2, 0.25) is 0 Å². The second kappa shape index (κ2) is 4.94. The molecule has 1 aromatic heterocycles. The molecular formula is C11H17N3O2. The van der Waals surface area contributed by atoms with Gasteiger partial charge in [-0.05, 0) is 12.1 Å². The van der Waals surface area contributed by atoms with Crippen LogP contribution in [0, 0.1) is 5.41 Å². The molecule has 0 atom stereocenters. The number of nitrogens with one attached hydrogen (secondary N) is 1. The minimum absolute atomic E-state index is 0.0163. The Hall–Kier alpha value is -1.62. The molecule has 16 heavy (non-hydrogen) atoms. The van der Waals surface area contributed by atoms with Crippen molar-refractivity contribution in [3.8, 4) is 0 Å². The lowest BCUT2D eigenvalue weighted by Crippen LogP contribution is -2.36. The van der Waals surface area contributed by atoms with Crippen molar-refractivity contribution in [3.05, 3.63) is 24.0 Å². The summed E-state index contributed by atoms with van der Waals surface area (Å²) in [5.41, 5.74) is 5.98. The SMILES string of the molecule is CC(C)(CO)CNC(=O)c1ccc(N)cn1. The van der Waals surface area contributed by atoms with Crippen molar-refractivity contribution in [1.82, 2.24) is 10.3 Å². The van der Waals surface area contributed by atoms with Crippen LogP contribution in [0.5, 0.6) is 0 Å². The minimum Gasteiger partial charge on any atom is -0.397 e. The van der Waals surface area contributed by atoms with Crippen LogP contribution < -0.4 is 11.1 Å². The Balaban J connectivity index is 2.56. The number of hydrogen-bond donors (Lipinski definition) is 3. The Morgan fingerprint density at radius 3 is 2.75 bits per heavy atom. The summed E-state index contributed by atoms with van der Waals surface area (Å²) in [4.78, 5) is 15.5. The lowest BCUT2D eigenvalue weighted by atomic mass is 9.95. The smallest absolute Gasteiger partial charge is 0.269 e. The molecule has 0 bridgehead atoms. The van der Waals surface area contributed by atoms with Crippen molar-refractivity contribution < 1.29 is 9.90 Å². The quantitative estimate of drug-likeness (QED) is 0.690. The van der Waals surface area contributed by atoms with Gasteiger partial charge in [-0.15, -0.1) is 0 Å². The molecule has 4 N–H and O–H groups in total. The molecule has 0 radical (unpaired) electrons. The van der Waals surface area contributed by atoms with Gasteiger partial charge < -0.3 is 16.2 Å². The van der Waals surface area contributed by atoms with Gasteiger partial charge in [0.05, 0.1) is 11.9 Å². The van der Waals surface area contributed by atoms with Gasteiger partial charge in [-0.25, -0.2) is 4.98 Å². The first-order valence-electron chi connectivity index (χ1n) is 5.05. The van der Waals surface area contributed by atoms with E-state index in [1.54, 1.807) is 12.1 Å². The third-order valence-corrected chi connectivity index (χ3v) is 2.17. The third kappa shape index (κ3) is 3.51. The highest BCUT2D eigenvalue weighted by Gasteiger charge is 2.18. The van der Waals surface area contributed by atoms with Crippen LogP contribution >= 0.6 is 0 Å². The highest BCUT2D eigenvalue weighted by Crippen LogP contribution is 2.11. The first kappa shape index (κ1) is 12.4. The van der Waals surface area contributed by atoms with Crippen LogP contribution in [0.4, 0.5) is 5.69 Å². The maximum absolute atomic E-state index is 11.6. The monoisotopic (exact) mass is 223 g/mol. The number of anilines is 1. The van der Waals surface area contributed by atoms with Crippen LogP contribution in [0.25, 0.3) is 0 Å². The molecule has 1 amide bonds. The number of nitrogen functional groups attached to an aromatic ring is 1. The van der Waals surface area contributed by atoms with Gasteiger partial charge in [-0.2, -0.15) is 0 Å². The average molecular weight is 223 g/mol. The zero-order valence-electron chi connectivity index (χ0n) is 9.53.